The normalized spacial score (nSPS) is 11.1. The summed E-state index contributed by atoms with van der Waals surface area (Å²) in [4.78, 5) is 25.3. The van der Waals surface area contributed by atoms with Crippen molar-refractivity contribution < 1.29 is 9.72 Å². The summed E-state index contributed by atoms with van der Waals surface area (Å²) < 4.78 is 0. The van der Waals surface area contributed by atoms with Crippen LogP contribution < -0.4 is 5.32 Å². The van der Waals surface area contributed by atoms with E-state index in [1.165, 1.54) is 34.7 Å². The van der Waals surface area contributed by atoms with E-state index in [-0.39, 0.29) is 11.6 Å². The molecule has 132 valence electrons. The highest BCUT2D eigenvalue weighted by atomic mass is 16.6. The van der Waals surface area contributed by atoms with Crippen molar-refractivity contribution in [2.24, 2.45) is 0 Å². The topological polar surface area (TPSA) is 88.0 Å². The van der Waals surface area contributed by atoms with Gasteiger partial charge < -0.3 is 10.3 Å². The van der Waals surface area contributed by atoms with Crippen LogP contribution in [0.4, 0.5) is 5.69 Å². The molecule has 1 amide bonds. The van der Waals surface area contributed by atoms with Gasteiger partial charge >= 0.3 is 0 Å². The van der Waals surface area contributed by atoms with Crippen LogP contribution >= 0.6 is 0 Å². The van der Waals surface area contributed by atoms with E-state index in [2.05, 4.69) is 35.4 Å². The van der Waals surface area contributed by atoms with Gasteiger partial charge in [-0.25, -0.2) is 0 Å². The Morgan fingerprint density at radius 2 is 2.00 bits per heavy atom. The van der Waals surface area contributed by atoms with Gasteiger partial charge in [0.25, 0.3) is 5.69 Å². The molecule has 0 saturated heterocycles. The van der Waals surface area contributed by atoms with Crippen LogP contribution in [-0.4, -0.2) is 22.4 Å². The zero-order valence-corrected chi connectivity index (χ0v) is 14.4. The minimum Gasteiger partial charge on any atom is -0.361 e. The van der Waals surface area contributed by atoms with Crippen molar-refractivity contribution in [1.29, 1.82) is 0 Å². The van der Waals surface area contributed by atoms with Crippen LogP contribution in [0.2, 0.25) is 0 Å². The molecule has 1 aromatic heterocycles. The average Bonchev–Trinajstić information content (AvgIpc) is 3.02. The molecule has 3 rings (SSSR count). The van der Waals surface area contributed by atoms with E-state index >= 15 is 0 Å². The standard InChI is InChI=1S/C20H19N3O3/c1-14-2-8-19-18(12-14)16(13-22-19)10-11-21-20(24)9-5-15-3-6-17(7-4-15)23(25)26/h2-9,12-13,22H,10-11H2,1H3,(H,21,24)/b9-5+. The Bertz CT molecular complexity index is 972. The molecule has 0 radical (unpaired) electrons. The Hall–Kier alpha value is -3.41. The Morgan fingerprint density at radius 1 is 1.23 bits per heavy atom. The van der Waals surface area contributed by atoms with E-state index in [4.69, 9.17) is 0 Å². The fourth-order valence-electron chi connectivity index (χ4n) is 2.76. The second-order valence-electron chi connectivity index (χ2n) is 6.09. The van der Waals surface area contributed by atoms with Gasteiger partial charge in [-0.2, -0.15) is 0 Å². The number of aromatic nitrogens is 1. The molecule has 0 fully saturated rings. The second kappa shape index (κ2) is 7.65. The number of benzene rings is 2. The number of nitrogens with one attached hydrogen (secondary N) is 2. The largest absolute Gasteiger partial charge is 0.361 e. The number of rotatable bonds is 6. The summed E-state index contributed by atoms with van der Waals surface area (Å²) >= 11 is 0. The van der Waals surface area contributed by atoms with Crippen LogP contribution in [0.3, 0.4) is 0 Å². The lowest BCUT2D eigenvalue weighted by molar-refractivity contribution is -0.384. The summed E-state index contributed by atoms with van der Waals surface area (Å²) in [6, 6.07) is 12.3. The third kappa shape index (κ3) is 4.16. The molecular weight excluding hydrogens is 330 g/mol. The number of H-pyrrole nitrogens is 1. The van der Waals surface area contributed by atoms with Gasteiger partial charge in [0.2, 0.25) is 5.91 Å². The summed E-state index contributed by atoms with van der Waals surface area (Å²) in [5.41, 5.74) is 4.23. The van der Waals surface area contributed by atoms with Gasteiger partial charge in [-0.15, -0.1) is 0 Å². The number of nitrogens with zero attached hydrogens (tertiary/aromatic N) is 1. The van der Waals surface area contributed by atoms with Crippen molar-refractivity contribution in [3.63, 3.8) is 0 Å². The van der Waals surface area contributed by atoms with E-state index in [1.54, 1.807) is 18.2 Å². The lowest BCUT2D eigenvalue weighted by atomic mass is 10.1. The number of nitro benzene ring substituents is 1. The van der Waals surface area contributed by atoms with E-state index < -0.39 is 4.92 Å². The Balaban J connectivity index is 1.53. The van der Waals surface area contributed by atoms with Crippen molar-refractivity contribution in [3.8, 4) is 0 Å². The van der Waals surface area contributed by atoms with Crippen LogP contribution in [0.1, 0.15) is 16.7 Å². The van der Waals surface area contributed by atoms with Gasteiger partial charge in [-0.05, 0) is 54.8 Å². The molecule has 0 atom stereocenters. The van der Waals surface area contributed by atoms with Gasteiger partial charge in [0.15, 0.2) is 0 Å². The molecule has 2 aromatic carbocycles. The molecule has 0 spiro atoms. The zero-order valence-electron chi connectivity index (χ0n) is 14.4. The quantitative estimate of drug-likeness (QED) is 0.403. The number of aryl methyl sites for hydroxylation is 1. The smallest absolute Gasteiger partial charge is 0.269 e. The highest BCUT2D eigenvalue weighted by Gasteiger charge is 2.05. The molecule has 1 heterocycles. The predicted octanol–water partition coefficient (Wildman–Crippen LogP) is 3.76. The van der Waals surface area contributed by atoms with E-state index in [0.29, 0.717) is 6.54 Å². The fourth-order valence-corrected chi connectivity index (χ4v) is 2.76. The van der Waals surface area contributed by atoms with Crippen molar-refractivity contribution in [3.05, 3.63) is 81.5 Å². The molecule has 6 heteroatoms. The molecule has 0 unspecified atom stereocenters. The number of nitro groups is 1. The number of hydrogen-bond donors (Lipinski definition) is 2. The maximum atomic E-state index is 11.9. The minimum absolute atomic E-state index is 0.0283. The summed E-state index contributed by atoms with van der Waals surface area (Å²) in [5, 5.41) is 14.6. The number of carbonyl (C=O) groups excluding carboxylic acids is 1. The predicted molar refractivity (Wildman–Crippen MR) is 102 cm³/mol. The summed E-state index contributed by atoms with van der Waals surface area (Å²) in [7, 11) is 0. The van der Waals surface area contributed by atoms with Gasteiger partial charge in [0, 0.05) is 41.9 Å². The maximum Gasteiger partial charge on any atom is 0.269 e. The van der Waals surface area contributed by atoms with Crippen LogP contribution in [-0.2, 0) is 11.2 Å². The first-order valence-corrected chi connectivity index (χ1v) is 8.30. The van der Waals surface area contributed by atoms with Gasteiger partial charge in [0.05, 0.1) is 4.92 Å². The molecule has 3 aromatic rings. The van der Waals surface area contributed by atoms with E-state index in [0.717, 1.165) is 17.5 Å². The molecule has 0 bridgehead atoms. The molecule has 2 N–H and O–H groups in total. The van der Waals surface area contributed by atoms with Gasteiger partial charge in [-0.3, -0.25) is 14.9 Å². The number of aromatic amines is 1. The minimum atomic E-state index is -0.452. The lowest BCUT2D eigenvalue weighted by Gasteiger charge is -2.02. The van der Waals surface area contributed by atoms with Crippen molar-refractivity contribution >= 4 is 28.6 Å². The van der Waals surface area contributed by atoms with Crippen LogP contribution in [0, 0.1) is 17.0 Å². The third-order valence-electron chi connectivity index (χ3n) is 4.15. The number of carbonyl (C=O) groups is 1. The van der Waals surface area contributed by atoms with Crippen molar-refractivity contribution in [2.45, 2.75) is 13.3 Å². The Labute approximate surface area is 150 Å². The van der Waals surface area contributed by atoms with Gasteiger partial charge in [0.1, 0.15) is 0 Å². The first kappa shape index (κ1) is 17.4. The summed E-state index contributed by atoms with van der Waals surface area (Å²) in [6.45, 7) is 2.59. The SMILES string of the molecule is Cc1ccc2[nH]cc(CCNC(=O)/C=C/c3ccc([N+](=O)[O-])cc3)c2c1. The van der Waals surface area contributed by atoms with Gasteiger partial charge in [-0.1, -0.05) is 11.6 Å². The van der Waals surface area contributed by atoms with Crippen molar-refractivity contribution in [1.82, 2.24) is 10.3 Å². The van der Waals surface area contributed by atoms with Crippen molar-refractivity contribution in [2.75, 3.05) is 6.54 Å². The first-order valence-electron chi connectivity index (χ1n) is 8.30. The summed E-state index contributed by atoms with van der Waals surface area (Å²) in [6.07, 6.45) is 5.78. The molecule has 0 aliphatic rings. The summed E-state index contributed by atoms with van der Waals surface area (Å²) in [5.74, 6) is -0.195. The van der Waals surface area contributed by atoms with Crippen LogP contribution in [0.15, 0.2) is 54.7 Å². The van der Waals surface area contributed by atoms with Crippen LogP contribution in [0.25, 0.3) is 17.0 Å². The number of non-ortho nitro benzene ring substituents is 1. The van der Waals surface area contributed by atoms with Crippen LogP contribution in [0.5, 0.6) is 0 Å². The third-order valence-corrected chi connectivity index (χ3v) is 4.15. The Kier molecular flexibility index (Phi) is 5.12. The first-order chi connectivity index (χ1) is 12.5. The zero-order chi connectivity index (χ0) is 18.5. The number of amides is 1. The highest BCUT2D eigenvalue weighted by molar-refractivity contribution is 5.91. The average molecular weight is 349 g/mol. The highest BCUT2D eigenvalue weighted by Crippen LogP contribution is 2.19. The monoisotopic (exact) mass is 349 g/mol. The maximum absolute atomic E-state index is 11.9. The fraction of sp³-hybridized carbons (Fsp3) is 0.150. The Morgan fingerprint density at radius 3 is 2.73 bits per heavy atom. The molecule has 26 heavy (non-hydrogen) atoms. The van der Waals surface area contributed by atoms with E-state index in [9.17, 15) is 14.9 Å². The van der Waals surface area contributed by atoms with E-state index in [1.807, 2.05) is 6.20 Å². The second-order valence-corrected chi connectivity index (χ2v) is 6.09. The number of fused-ring (bicyclic) bond motifs is 1. The molecule has 0 aliphatic carbocycles. The lowest BCUT2D eigenvalue weighted by Crippen LogP contribution is -2.23. The number of hydrogen-bond acceptors (Lipinski definition) is 3. The molecule has 0 aliphatic heterocycles. The molecule has 0 saturated carbocycles. The molecular formula is C20H19N3O3. The molecule has 6 nitrogen and oxygen atoms in total.